The summed E-state index contributed by atoms with van der Waals surface area (Å²) in [6, 6.07) is 8.93. The van der Waals surface area contributed by atoms with Gasteiger partial charge in [-0.1, -0.05) is 18.2 Å². The van der Waals surface area contributed by atoms with Crippen LogP contribution in [-0.4, -0.2) is 45.0 Å². The Morgan fingerprint density at radius 1 is 1.07 bits per heavy atom. The Bertz CT molecular complexity index is 922. The fourth-order valence-corrected chi connectivity index (χ4v) is 4.12. The van der Waals surface area contributed by atoms with Crippen LogP contribution >= 0.6 is 0 Å². The minimum absolute atomic E-state index is 0.0509. The summed E-state index contributed by atoms with van der Waals surface area (Å²) in [5.41, 5.74) is -0.399. The van der Waals surface area contributed by atoms with E-state index in [1.807, 2.05) is 0 Å². The van der Waals surface area contributed by atoms with E-state index in [-0.39, 0.29) is 24.6 Å². The second kappa shape index (κ2) is 8.12. The van der Waals surface area contributed by atoms with Crippen LogP contribution in [0.2, 0.25) is 0 Å². The molecule has 0 unspecified atom stereocenters. The van der Waals surface area contributed by atoms with Gasteiger partial charge in [-0.3, -0.25) is 0 Å². The van der Waals surface area contributed by atoms with E-state index in [4.69, 9.17) is 9.47 Å². The number of nitrogens with zero attached hydrogens (tertiary/aromatic N) is 1. The number of carbonyl (C=O) groups is 1. The molecule has 0 saturated carbocycles. The molecule has 0 aliphatic carbocycles. The molecule has 0 aromatic heterocycles. The number of esters is 1. The lowest BCUT2D eigenvalue weighted by Crippen LogP contribution is -2.40. The molecule has 1 aliphatic rings. The molecule has 2 aromatic carbocycles. The lowest BCUT2D eigenvalue weighted by atomic mass is 10.2. The van der Waals surface area contributed by atoms with Gasteiger partial charge in [0.15, 0.2) is 0 Å². The lowest BCUT2D eigenvalue weighted by Gasteiger charge is -2.26. The maximum Gasteiger partial charge on any atom is 0.344 e. The van der Waals surface area contributed by atoms with Crippen LogP contribution in [0.5, 0.6) is 0 Å². The monoisotopic (exact) mass is 397 g/mol. The molecule has 0 radical (unpaired) electrons. The summed E-state index contributed by atoms with van der Waals surface area (Å²) in [6.07, 6.45) is 0. The van der Waals surface area contributed by atoms with Crippen LogP contribution in [0, 0.1) is 11.6 Å². The molecule has 1 saturated heterocycles. The van der Waals surface area contributed by atoms with Crippen LogP contribution in [-0.2, 0) is 26.1 Å². The summed E-state index contributed by atoms with van der Waals surface area (Å²) in [5, 5.41) is 0. The molecule has 2 aromatic rings. The number of hydrogen-bond donors (Lipinski definition) is 0. The number of ether oxygens (including phenoxy) is 2. The highest BCUT2D eigenvalue weighted by Gasteiger charge is 2.26. The van der Waals surface area contributed by atoms with Gasteiger partial charge < -0.3 is 9.47 Å². The van der Waals surface area contributed by atoms with Crippen molar-refractivity contribution >= 4 is 16.0 Å². The van der Waals surface area contributed by atoms with Crippen molar-refractivity contribution in [1.82, 2.24) is 4.31 Å². The van der Waals surface area contributed by atoms with Gasteiger partial charge in [-0.2, -0.15) is 4.31 Å². The molecular weight excluding hydrogens is 380 g/mol. The fourth-order valence-electron chi connectivity index (χ4n) is 2.65. The van der Waals surface area contributed by atoms with Gasteiger partial charge in [-0.05, 0) is 29.8 Å². The van der Waals surface area contributed by atoms with Crippen LogP contribution in [0.25, 0.3) is 0 Å². The largest absolute Gasteiger partial charge is 0.457 e. The Labute approximate surface area is 155 Å². The maximum atomic E-state index is 13.6. The van der Waals surface area contributed by atoms with E-state index in [2.05, 4.69) is 0 Å². The zero-order valence-corrected chi connectivity index (χ0v) is 15.0. The average molecular weight is 397 g/mol. The highest BCUT2D eigenvalue weighted by molar-refractivity contribution is 7.89. The van der Waals surface area contributed by atoms with E-state index >= 15 is 0 Å². The second-order valence-electron chi connectivity index (χ2n) is 5.84. The quantitative estimate of drug-likeness (QED) is 0.725. The van der Waals surface area contributed by atoms with Crippen molar-refractivity contribution in [3.63, 3.8) is 0 Å². The molecule has 0 atom stereocenters. The average Bonchev–Trinajstić information content (AvgIpc) is 2.67. The zero-order valence-electron chi connectivity index (χ0n) is 14.2. The van der Waals surface area contributed by atoms with Gasteiger partial charge in [-0.15, -0.1) is 0 Å². The lowest BCUT2D eigenvalue weighted by molar-refractivity contribution is 0.0461. The molecule has 0 N–H and O–H groups in total. The molecule has 27 heavy (non-hydrogen) atoms. The molecule has 6 nitrogen and oxygen atoms in total. The van der Waals surface area contributed by atoms with E-state index in [9.17, 15) is 22.0 Å². The Hall–Kier alpha value is -2.36. The first-order valence-electron chi connectivity index (χ1n) is 8.17. The van der Waals surface area contributed by atoms with Crippen molar-refractivity contribution < 1.29 is 31.5 Å². The van der Waals surface area contributed by atoms with Crippen molar-refractivity contribution in [2.75, 3.05) is 26.3 Å². The highest BCUT2D eigenvalue weighted by Crippen LogP contribution is 2.20. The summed E-state index contributed by atoms with van der Waals surface area (Å²) in [6.45, 7) is 0.844. The van der Waals surface area contributed by atoms with Crippen LogP contribution in [0.3, 0.4) is 0 Å². The molecule has 9 heteroatoms. The molecular formula is C18H17F2NO5S. The summed E-state index contributed by atoms with van der Waals surface area (Å²) in [5.74, 6) is -3.21. The highest BCUT2D eigenvalue weighted by atomic mass is 32.2. The SMILES string of the molecule is O=C(OCc1cccc(S(=O)(=O)N2CCOCC2)c1)c1c(F)cccc1F. The number of hydrogen-bond acceptors (Lipinski definition) is 5. The smallest absolute Gasteiger partial charge is 0.344 e. The van der Waals surface area contributed by atoms with Gasteiger partial charge in [-0.25, -0.2) is 22.0 Å². The number of sulfonamides is 1. The molecule has 3 rings (SSSR count). The molecule has 144 valence electrons. The van der Waals surface area contributed by atoms with Gasteiger partial charge in [0.05, 0.1) is 18.1 Å². The molecule has 1 fully saturated rings. The van der Waals surface area contributed by atoms with E-state index in [0.717, 1.165) is 18.2 Å². The van der Waals surface area contributed by atoms with Crippen LogP contribution in [0.15, 0.2) is 47.4 Å². The molecule has 0 spiro atoms. The minimum Gasteiger partial charge on any atom is -0.457 e. The molecule has 1 aliphatic heterocycles. The topological polar surface area (TPSA) is 72.9 Å². The zero-order chi connectivity index (χ0) is 19.4. The normalized spacial score (nSPS) is 15.5. The fraction of sp³-hybridized carbons (Fsp3) is 0.278. The second-order valence-corrected chi connectivity index (χ2v) is 7.77. The van der Waals surface area contributed by atoms with Crippen molar-refractivity contribution in [2.24, 2.45) is 0 Å². The van der Waals surface area contributed by atoms with Crippen LogP contribution in [0.1, 0.15) is 15.9 Å². The first-order chi connectivity index (χ1) is 12.9. The predicted octanol–water partition coefficient (Wildman–Crippen LogP) is 2.34. The maximum absolute atomic E-state index is 13.6. The summed E-state index contributed by atoms with van der Waals surface area (Å²) in [7, 11) is -3.70. The predicted molar refractivity (Wildman–Crippen MR) is 91.5 cm³/mol. The third-order valence-electron chi connectivity index (χ3n) is 4.04. The molecule has 0 bridgehead atoms. The number of benzene rings is 2. The summed E-state index contributed by atoms with van der Waals surface area (Å²) in [4.78, 5) is 12.0. The van der Waals surface area contributed by atoms with Gasteiger partial charge in [0.2, 0.25) is 10.0 Å². The van der Waals surface area contributed by atoms with Gasteiger partial charge in [0.25, 0.3) is 0 Å². The van der Waals surface area contributed by atoms with Crippen LogP contribution < -0.4 is 0 Å². The Kier molecular flexibility index (Phi) is 5.83. The summed E-state index contributed by atoms with van der Waals surface area (Å²) >= 11 is 0. The first-order valence-corrected chi connectivity index (χ1v) is 9.61. The van der Waals surface area contributed by atoms with E-state index in [1.165, 1.54) is 22.5 Å². The Balaban J connectivity index is 1.73. The van der Waals surface area contributed by atoms with Crippen molar-refractivity contribution in [3.8, 4) is 0 Å². The van der Waals surface area contributed by atoms with Crippen molar-refractivity contribution in [1.29, 1.82) is 0 Å². The Morgan fingerprint density at radius 3 is 2.37 bits per heavy atom. The minimum atomic E-state index is -3.70. The van der Waals surface area contributed by atoms with Crippen molar-refractivity contribution in [3.05, 3.63) is 65.2 Å². The number of morpholine rings is 1. The Morgan fingerprint density at radius 2 is 1.70 bits per heavy atom. The standard InChI is InChI=1S/C18H17F2NO5S/c19-15-5-2-6-16(20)17(15)18(22)26-12-13-3-1-4-14(11-13)27(23,24)21-7-9-25-10-8-21/h1-6,11H,7-10,12H2. The number of rotatable bonds is 5. The van der Waals surface area contributed by atoms with Crippen LogP contribution in [0.4, 0.5) is 8.78 Å². The van der Waals surface area contributed by atoms with Crippen molar-refractivity contribution in [2.45, 2.75) is 11.5 Å². The first kappa shape index (κ1) is 19.4. The van der Waals surface area contributed by atoms with Gasteiger partial charge in [0, 0.05) is 13.1 Å². The van der Waals surface area contributed by atoms with E-state index < -0.39 is 33.2 Å². The number of halogens is 2. The third-order valence-corrected chi connectivity index (χ3v) is 5.94. The molecule has 0 amide bonds. The molecule has 1 heterocycles. The third kappa shape index (κ3) is 4.32. The van der Waals surface area contributed by atoms with E-state index in [0.29, 0.717) is 18.8 Å². The van der Waals surface area contributed by atoms with E-state index in [1.54, 1.807) is 6.07 Å². The van der Waals surface area contributed by atoms with Gasteiger partial charge in [0.1, 0.15) is 23.8 Å². The van der Waals surface area contributed by atoms with Gasteiger partial charge >= 0.3 is 5.97 Å². The summed E-state index contributed by atoms with van der Waals surface area (Å²) < 4.78 is 64.0. The number of carbonyl (C=O) groups excluding carboxylic acids is 1.